The number of aromatic carboxylic acids is 2. The zero-order valence-electron chi connectivity index (χ0n) is 13.7. The van der Waals surface area contributed by atoms with Crippen LogP contribution in [0, 0.1) is 0 Å². The number of nitrogens with zero attached hydrogens (tertiary/aromatic N) is 1. The van der Waals surface area contributed by atoms with Gasteiger partial charge in [0.15, 0.2) is 0 Å². The van der Waals surface area contributed by atoms with Gasteiger partial charge in [-0.3, -0.25) is 0 Å². The Bertz CT molecular complexity index is 1230. The van der Waals surface area contributed by atoms with Crippen molar-refractivity contribution < 1.29 is 19.8 Å². The van der Waals surface area contributed by atoms with E-state index in [1.54, 1.807) is 30.3 Å². The van der Waals surface area contributed by atoms with E-state index < -0.39 is 11.9 Å². The van der Waals surface area contributed by atoms with Crippen molar-refractivity contribution >= 4 is 56.9 Å². The monoisotopic (exact) mass is 381 g/mol. The molecule has 0 unspecified atom stereocenters. The molecular formula is C19H12ClN3O4. The van der Waals surface area contributed by atoms with Crippen LogP contribution in [0.1, 0.15) is 20.8 Å². The summed E-state index contributed by atoms with van der Waals surface area (Å²) in [6.45, 7) is 0. The number of aromatic amines is 1. The number of rotatable bonds is 4. The Morgan fingerprint density at radius 2 is 1.81 bits per heavy atom. The van der Waals surface area contributed by atoms with Crippen LogP contribution in [0.15, 0.2) is 48.5 Å². The Labute approximate surface area is 157 Å². The average Bonchev–Trinajstić information content (AvgIpc) is 3.07. The topological polar surface area (TPSA) is 115 Å². The minimum Gasteiger partial charge on any atom is -0.478 e. The van der Waals surface area contributed by atoms with E-state index in [4.69, 9.17) is 11.6 Å². The summed E-state index contributed by atoms with van der Waals surface area (Å²) >= 11 is 6.02. The maximum Gasteiger partial charge on any atom is 0.352 e. The number of carboxylic acid groups (broad SMARTS) is 2. The van der Waals surface area contributed by atoms with Crippen LogP contribution in [0.25, 0.3) is 21.8 Å². The normalized spacial score (nSPS) is 11.0. The molecule has 0 saturated carbocycles. The summed E-state index contributed by atoms with van der Waals surface area (Å²) in [6.07, 6.45) is 0. The molecule has 2 aromatic carbocycles. The van der Waals surface area contributed by atoms with Crippen molar-refractivity contribution in [3.05, 3.63) is 64.8 Å². The molecule has 134 valence electrons. The zero-order valence-corrected chi connectivity index (χ0v) is 14.4. The Morgan fingerprint density at radius 3 is 2.52 bits per heavy atom. The van der Waals surface area contributed by atoms with Gasteiger partial charge >= 0.3 is 11.9 Å². The molecule has 0 aliphatic carbocycles. The second kappa shape index (κ2) is 6.30. The number of pyridine rings is 1. The highest BCUT2D eigenvalue weighted by Gasteiger charge is 2.16. The van der Waals surface area contributed by atoms with Crippen LogP contribution in [-0.2, 0) is 0 Å². The number of H-pyrrole nitrogens is 1. The van der Waals surface area contributed by atoms with Crippen LogP contribution in [0.3, 0.4) is 0 Å². The van der Waals surface area contributed by atoms with Crippen LogP contribution in [0.2, 0.25) is 5.02 Å². The largest absolute Gasteiger partial charge is 0.478 e. The molecule has 7 nitrogen and oxygen atoms in total. The molecule has 4 N–H and O–H groups in total. The van der Waals surface area contributed by atoms with Gasteiger partial charge < -0.3 is 20.5 Å². The lowest BCUT2D eigenvalue weighted by atomic mass is 10.1. The van der Waals surface area contributed by atoms with Crippen molar-refractivity contribution in [1.82, 2.24) is 9.97 Å². The fraction of sp³-hybridized carbons (Fsp3) is 0. The van der Waals surface area contributed by atoms with Gasteiger partial charge in [0, 0.05) is 21.5 Å². The summed E-state index contributed by atoms with van der Waals surface area (Å²) in [5, 5.41) is 23.4. The molecule has 0 saturated heterocycles. The molecule has 0 atom stereocenters. The highest BCUT2D eigenvalue weighted by molar-refractivity contribution is 6.30. The summed E-state index contributed by atoms with van der Waals surface area (Å²) in [4.78, 5) is 30.1. The van der Waals surface area contributed by atoms with E-state index in [0.717, 1.165) is 0 Å². The second-order valence-corrected chi connectivity index (χ2v) is 6.35. The molecule has 0 bridgehead atoms. The van der Waals surface area contributed by atoms with Crippen molar-refractivity contribution in [2.45, 2.75) is 0 Å². The zero-order chi connectivity index (χ0) is 19.1. The van der Waals surface area contributed by atoms with Gasteiger partial charge in [-0.2, -0.15) is 0 Å². The molecule has 0 spiro atoms. The molecule has 4 aromatic rings. The lowest BCUT2D eigenvalue weighted by Gasteiger charge is -2.10. The Balaban J connectivity index is 1.98. The van der Waals surface area contributed by atoms with Gasteiger partial charge in [0.1, 0.15) is 11.5 Å². The SMILES string of the molecule is O=C(O)c1ccc2c(c1)nc(Nc1cccc(Cl)c1)c1cc(C(=O)O)[nH]c12. The number of hydrogen-bond acceptors (Lipinski definition) is 4. The third kappa shape index (κ3) is 3.04. The number of carboxylic acids is 2. The molecule has 0 aliphatic rings. The van der Waals surface area contributed by atoms with Crippen molar-refractivity contribution in [1.29, 1.82) is 0 Å². The molecule has 2 aromatic heterocycles. The van der Waals surface area contributed by atoms with Gasteiger partial charge in [0.05, 0.1) is 16.6 Å². The third-order valence-electron chi connectivity index (χ3n) is 4.14. The Kier molecular flexibility index (Phi) is 3.93. The van der Waals surface area contributed by atoms with Gasteiger partial charge in [-0.25, -0.2) is 14.6 Å². The van der Waals surface area contributed by atoms with Gasteiger partial charge in [-0.1, -0.05) is 17.7 Å². The summed E-state index contributed by atoms with van der Waals surface area (Å²) in [6, 6.07) is 13.0. The number of nitrogens with one attached hydrogen (secondary N) is 2. The third-order valence-corrected chi connectivity index (χ3v) is 4.37. The van der Waals surface area contributed by atoms with Crippen molar-refractivity contribution in [2.24, 2.45) is 0 Å². The van der Waals surface area contributed by atoms with Crippen LogP contribution in [0.5, 0.6) is 0 Å². The molecule has 0 radical (unpaired) electrons. The van der Waals surface area contributed by atoms with E-state index >= 15 is 0 Å². The van der Waals surface area contributed by atoms with Crippen LogP contribution >= 0.6 is 11.6 Å². The van der Waals surface area contributed by atoms with E-state index in [9.17, 15) is 19.8 Å². The number of benzene rings is 2. The summed E-state index contributed by atoms with van der Waals surface area (Å²) in [5.74, 6) is -1.78. The fourth-order valence-electron chi connectivity index (χ4n) is 2.92. The lowest BCUT2D eigenvalue weighted by molar-refractivity contribution is 0.0683. The van der Waals surface area contributed by atoms with Gasteiger partial charge in [-0.05, 0) is 42.5 Å². The first kappa shape index (κ1) is 16.9. The van der Waals surface area contributed by atoms with E-state index in [2.05, 4.69) is 15.3 Å². The van der Waals surface area contributed by atoms with E-state index in [-0.39, 0.29) is 11.3 Å². The molecule has 8 heteroatoms. The first-order valence-corrected chi connectivity index (χ1v) is 8.26. The van der Waals surface area contributed by atoms with Gasteiger partial charge in [0.25, 0.3) is 0 Å². The minimum absolute atomic E-state index is 0.00996. The predicted molar refractivity (Wildman–Crippen MR) is 102 cm³/mol. The van der Waals surface area contributed by atoms with Gasteiger partial charge in [0.2, 0.25) is 0 Å². The van der Waals surface area contributed by atoms with Crippen LogP contribution < -0.4 is 5.32 Å². The summed E-state index contributed by atoms with van der Waals surface area (Å²) < 4.78 is 0. The van der Waals surface area contributed by atoms with Crippen molar-refractivity contribution in [3.63, 3.8) is 0 Å². The first-order chi connectivity index (χ1) is 12.9. The van der Waals surface area contributed by atoms with E-state index in [1.807, 2.05) is 0 Å². The van der Waals surface area contributed by atoms with Crippen LogP contribution in [0.4, 0.5) is 11.5 Å². The molecule has 0 fully saturated rings. The quantitative estimate of drug-likeness (QED) is 0.413. The van der Waals surface area contributed by atoms with E-state index in [0.29, 0.717) is 38.3 Å². The highest BCUT2D eigenvalue weighted by Crippen LogP contribution is 2.32. The van der Waals surface area contributed by atoms with E-state index in [1.165, 1.54) is 18.2 Å². The maximum absolute atomic E-state index is 11.4. The molecule has 0 aliphatic heterocycles. The number of fused-ring (bicyclic) bond motifs is 3. The number of hydrogen-bond donors (Lipinski definition) is 4. The van der Waals surface area contributed by atoms with Crippen molar-refractivity contribution in [2.75, 3.05) is 5.32 Å². The highest BCUT2D eigenvalue weighted by atomic mass is 35.5. The molecule has 2 heterocycles. The predicted octanol–water partition coefficient (Wildman–Crippen LogP) is 4.51. The van der Waals surface area contributed by atoms with Crippen LogP contribution in [-0.4, -0.2) is 32.1 Å². The lowest BCUT2D eigenvalue weighted by Crippen LogP contribution is -1.98. The second-order valence-electron chi connectivity index (χ2n) is 5.91. The molecule has 0 amide bonds. The minimum atomic E-state index is -1.10. The number of carbonyl (C=O) groups is 2. The number of anilines is 2. The molecule has 27 heavy (non-hydrogen) atoms. The summed E-state index contributed by atoms with van der Waals surface area (Å²) in [7, 11) is 0. The summed E-state index contributed by atoms with van der Waals surface area (Å²) in [5.41, 5.74) is 1.75. The molecule has 4 rings (SSSR count). The Hall–Kier alpha value is -3.58. The fourth-order valence-corrected chi connectivity index (χ4v) is 3.11. The van der Waals surface area contributed by atoms with Gasteiger partial charge in [-0.15, -0.1) is 0 Å². The standard InChI is InChI=1S/C19H12ClN3O4/c20-10-2-1-3-11(7-10)21-17-13-8-15(19(26)27)22-16(13)12-5-4-9(18(24)25)6-14(12)23-17/h1-8,22H,(H,21,23)(H,24,25)(H,26,27). The average molecular weight is 382 g/mol. The smallest absolute Gasteiger partial charge is 0.352 e. The Morgan fingerprint density at radius 1 is 1.00 bits per heavy atom. The van der Waals surface area contributed by atoms with Crippen molar-refractivity contribution in [3.8, 4) is 0 Å². The maximum atomic E-state index is 11.4. The first-order valence-electron chi connectivity index (χ1n) is 7.88. The number of aromatic nitrogens is 2. The molecular weight excluding hydrogens is 370 g/mol. The number of halogens is 1.